The summed E-state index contributed by atoms with van der Waals surface area (Å²) in [6, 6.07) is 22.6. The number of nitrogens with zero attached hydrogens (tertiary/aromatic N) is 4. The van der Waals surface area contributed by atoms with Crippen molar-refractivity contribution in [2.75, 3.05) is 4.90 Å². The van der Waals surface area contributed by atoms with E-state index in [1.165, 1.54) is 12.1 Å². The molecule has 7 nitrogen and oxygen atoms in total. The molecule has 0 saturated carbocycles. The lowest BCUT2D eigenvalue weighted by Crippen LogP contribution is -2.30. The number of anilines is 1. The molecule has 0 unspecified atom stereocenters. The Hall–Kier alpha value is -4.70. The number of amides is 1. The summed E-state index contributed by atoms with van der Waals surface area (Å²) in [5.74, 6) is -0.743. The minimum atomic E-state index is -0.408. The van der Waals surface area contributed by atoms with Crippen molar-refractivity contribution in [2.24, 2.45) is 0 Å². The molecule has 0 aliphatic rings. The third kappa shape index (κ3) is 4.65. The lowest BCUT2D eigenvalue weighted by atomic mass is 10.1. The summed E-state index contributed by atoms with van der Waals surface area (Å²) in [6.45, 7) is 2.15. The number of aryl methyl sites for hydroxylation is 1. The highest BCUT2D eigenvalue weighted by Gasteiger charge is 2.22. The average Bonchev–Trinajstić information content (AvgIpc) is 2.83. The van der Waals surface area contributed by atoms with Crippen LogP contribution in [0.15, 0.2) is 79.0 Å². The van der Waals surface area contributed by atoms with E-state index in [-0.39, 0.29) is 29.4 Å². The van der Waals surface area contributed by atoms with Gasteiger partial charge >= 0.3 is 0 Å². The van der Waals surface area contributed by atoms with Gasteiger partial charge in [0, 0.05) is 23.5 Å². The van der Waals surface area contributed by atoms with Crippen molar-refractivity contribution in [3.8, 4) is 28.8 Å². The van der Waals surface area contributed by atoms with Crippen molar-refractivity contribution in [3.63, 3.8) is 0 Å². The standard InChI is InChI=1S/C26H20N4O3/c1-17-15-28-24(14-27)29-25(17)19-7-9-20(10-8-19)30(16-18-5-3-2-4-6-18)26(33)22-12-11-21(31)13-23(22)32/h2-13,15,31-32H,16H2,1H3. The molecule has 0 atom stereocenters. The van der Waals surface area contributed by atoms with Crippen LogP contribution in [-0.2, 0) is 6.54 Å². The molecule has 0 radical (unpaired) electrons. The summed E-state index contributed by atoms with van der Waals surface area (Å²) in [4.78, 5) is 23.2. The zero-order valence-corrected chi connectivity index (χ0v) is 17.8. The van der Waals surface area contributed by atoms with Crippen molar-refractivity contribution in [1.82, 2.24) is 9.97 Å². The van der Waals surface area contributed by atoms with Crippen molar-refractivity contribution in [3.05, 3.63) is 102 Å². The van der Waals surface area contributed by atoms with Crippen LogP contribution in [0.25, 0.3) is 11.3 Å². The van der Waals surface area contributed by atoms with Gasteiger partial charge in [-0.3, -0.25) is 4.79 Å². The zero-order chi connectivity index (χ0) is 23.4. The third-order valence-electron chi connectivity index (χ3n) is 5.16. The van der Waals surface area contributed by atoms with Gasteiger partial charge < -0.3 is 15.1 Å². The number of carbonyl (C=O) groups is 1. The second-order valence-corrected chi connectivity index (χ2v) is 7.46. The number of aromatic nitrogens is 2. The molecule has 1 aromatic heterocycles. The molecule has 162 valence electrons. The van der Waals surface area contributed by atoms with E-state index in [0.29, 0.717) is 11.4 Å². The average molecular weight is 436 g/mol. The predicted octanol–water partition coefficient (Wildman–Crippen LogP) is 4.58. The first-order valence-electron chi connectivity index (χ1n) is 10.2. The van der Waals surface area contributed by atoms with Crippen LogP contribution >= 0.6 is 0 Å². The first-order chi connectivity index (χ1) is 16.0. The van der Waals surface area contributed by atoms with Gasteiger partial charge in [0.1, 0.15) is 17.6 Å². The van der Waals surface area contributed by atoms with Gasteiger partial charge in [-0.05, 0) is 42.3 Å². The number of hydrogen-bond donors (Lipinski definition) is 2. The van der Waals surface area contributed by atoms with E-state index in [0.717, 1.165) is 22.8 Å². The number of benzene rings is 3. The summed E-state index contributed by atoms with van der Waals surface area (Å²) in [5.41, 5.74) is 3.87. The van der Waals surface area contributed by atoms with Gasteiger partial charge in [-0.1, -0.05) is 42.5 Å². The SMILES string of the molecule is Cc1cnc(C#N)nc1-c1ccc(N(Cc2ccccc2)C(=O)c2ccc(O)cc2O)cc1. The number of hydrogen-bond acceptors (Lipinski definition) is 6. The van der Waals surface area contributed by atoms with Crippen molar-refractivity contribution >= 4 is 11.6 Å². The van der Waals surface area contributed by atoms with Crippen LogP contribution in [0, 0.1) is 18.3 Å². The topological polar surface area (TPSA) is 110 Å². The van der Waals surface area contributed by atoms with E-state index in [1.807, 2.05) is 55.5 Å². The highest BCUT2D eigenvalue weighted by atomic mass is 16.3. The van der Waals surface area contributed by atoms with Crippen molar-refractivity contribution in [2.45, 2.75) is 13.5 Å². The highest BCUT2D eigenvalue weighted by Crippen LogP contribution is 2.29. The molecule has 4 aromatic rings. The molecule has 0 aliphatic carbocycles. The maximum atomic E-state index is 13.4. The maximum Gasteiger partial charge on any atom is 0.262 e. The monoisotopic (exact) mass is 436 g/mol. The van der Waals surface area contributed by atoms with Gasteiger partial charge in [0.25, 0.3) is 5.91 Å². The van der Waals surface area contributed by atoms with E-state index < -0.39 is 5.91 Å². The molecule has 3 aromatic carbocycles. The fourth-order valence-electron chi connectivity index (χ4n) is 3.48. The van der Waals surface area contributed by atoms with E-state index in [9.17, 15) is 15.0 Å². The van der Waals surface area contributed by atoms with Gasteiger partial charge in [-0.15, -0.1) is 0 Å². The summed E-state index contributed by atoms with van der Waals surface area (Å²) in [6.07, 6.45) is 1.60. The molecule has 1 amide bonds. The van der Waals surface area contributed by atoms with Crippen molar-refractivity contribution < 1.29 is 15.0 Å². The number of aromatic hydroxyl groups is 2. The Kier molecular flexibility index (Phi) is 6.00. The molecule has 0 bridgehead atoms. The second-order valence-electron chi connectivity index (χ2n) is 7.46. The molecule has 7 heteroatoms. The number of rotatable bonds is 5. The van der Waals surface area contributed by atoms with Crippen LogP contribution in [0.1, 0.15) is 27.3 Å². The van der Waals surface area contributed by atoms with E-state index in [1.54, 1.807) is 23.2 Å². The Balaban J connectivity index is 1.73. The van der Waals surface area contributed by atoms with Gasteiger partial charge in [0.15, 0.2) is 0 Å². The molecule has 4 rings (SSSR count). The fourth-order valence-corrected chi connectivity index (χ4v) is 3.48. The Morgan fingerprint density at radius 3 is 2.42 bits per heavy atom. The highest BCUT2D eigenvalue weighted by molar-refractivity contribution is 6.08. The van der Waals surface area contributed by atoms with E-state index in [4.69, 9.17) is 5.26 Å². The summed E-state index contributed by atoms with van der Waals surface area (Å²) in [5, 5.41) is 29.0. The van der Waals surface area contributed by atoms with Crippen LogP contribution in [0.2, 0.25) is 0 Å². The first-order valence-corrected chi connectivity index (χ1v) is 10.2. The lowest BCUT2D eigenvalue weighted by molar-refractivity contribution is 0.0982. The smallest absolute Gasteiger partial charge is 0.262 e. The lowest BCUT2D eigenvalue weighted by Gasteiger charge is -2.24. The van der Waals surface area contributed by atoms with E-state index >= 15 is 0 Å². The fraction of sp³-hybridized carbons (Fsp3) is 0.0769. The Bertz CT molecular complexity index is 1350. The van der Waals surface area contributed by atoms with Crippen LogP contribution < -0.4 is 4.90 Å². The molecule has 33 heavy (non-hydrogen) atoms. The molecular weight excluding hydrogens is 416 g/mol. The van der Waals surface area contributed by atoms with Crippen LogP contribution in [-0.4, -0.2) is 26.1 Å². The van der Waals surface area contributed by atoms with Crippen LogP contribution in [0.4, 0.5) is 5.69 Å². The van der Waals surface area contributed by atoms with Crippen LogP contribution in [0.3, 0.4) is 0 Å². The normalized spacial score (nSPS) is 10.4. The van der Waals surface area contributed by atoms with Crippen molar-refractivity contribution in [1.29, 1.82) is 5.26 Å². The summed E-state index contributed by atoms with van der Waals surface area (Å²) in [7, 11) is 0. The molecule has 1 heterocycles. The molecule has 0 saturated heterocycles. The van der Waals surface area contributed by atoms with E-state index in [2.05, 4.69) is 9.97 Å². The number of phenolic OH excluding ortho intramolecular Hbond substituents is 2. The number of nitriles is 1. The quantitative estimate of drug-likeness (QED) is 0.474. The minimum absolute atomic E-state index is 0.0816. The Morgan fingerprint density at radius 1 is 1.03 bits per heavy atom. The number of carbonyl (C=O) groups excluding carboxylic acids is 1. The molecular formula is C26H20N4O3. The third-order valence-corrected chi connectivity index (χ3v) is 5.16. The Morgan fingerprint density at radius 2 is 1.76 bits per heavy atom. The maximum absolute atomic E-state index is 13.4. The summed E-state index contributed by atoms with van der Waals surface area (Å²) >= 11 is 0. The molecule has 2 N–H and O–H groups in total. The van der Waals surface area contributed by atoms with Gasteiger partial charge in [-0.25, -0.2) is 9.97 Å². The Labute approximate surface area is 190 Å². The zero-order valence-electron chi connectivity index (χ0n) is 17.8. The minimum Gasteiger partial charge on any atom is -0.508 e. The second kappa shape index (κ2) is 9.20. The van der Waals surface area contributed by atoms with Gasteiger partial charge in [-0.2, -0.15) is 5.26 Å². The first kappa shape index (κ1) is 21.5. The summed E-state index contributed by atoms with van der Waals surface area (Å²) < 4.78 is 0. The van der Waals surface area contributed by atoms with Crippen LogP contribution in [0.5, 0.6) is 11.5 Å². The van der Waals surface area contributed by atoms with Gasteiger partial charge in [0.2, 0.25) is 5.82 Å². The number of phenols is 2. The molecule has 0 fully saturated rings. The largest absolute Gasteiger partial charge is 0.508 e. The molecule has 0 aliphatic heterocycles. The molecule has 0 spiro atoms. The predicted molar refractivity (Wildman–Crippen MR) is 124 cm³/mol. The van der Waals surface area contributed by atoms with Gasteiger partial charge in [0.05, 0.1) is 17.8 Å².